The lowest BCUT2D eigenvalue weighted by molar-refractivity contribution is -0.143. The zero-order valence-corrected chi connectivity index (χ0v) is 12.5. The van der Waals surface area contributed by atoms with Crippen molar-refractivity contribution >= 4 is 5.97 Å². The average Bonchev–Trinajstić information content (AvgIpc) is 2.82. The third-order valence-electron chi connectivity index (χ3n) is 4.10. The Morgan fingerprint density at radius 2 is 2.09 bits per heavy atom. The summed E-state index contributed by atoms with van der Waals surface area (Å²) in [6.45, 7) is 5.07. The van der Waals surface area contributed by atoms with E-state index in [4.69, 9.17) is 0 Å². The number of hydrogen-bond acceptors (Lipinski definition) is 3. The molecule has 1 N–H and O–H groups in total. The minimum atomic E-state index is -4.47. The molecule has 1 saturated heterocycles. The summed E-state index contributed by atoms with van der Waals surface area (Å²) in [6.07, 6.45) is -4.47. The van der Waals surface area contributed by atoms with Crippen LogP contribution in [-0.2, 0) is 17.5 Å². The SMILES string of the molecule is CC(C)[C@@H]1CN(Cc2cccc(C(F)(F)F)n2)C[C@H]1C(=O)O. The van der Waals surface area contributed by atoms with Crippen LogP contribution < -0.4 is 0 Å². The second-order valence-electron chi connectivity index (χ2n) is 6.06. The average molecular weight is 316 g/mol. The lowest BCUT2D eigenvalue weighted by Crippen LogP contribution is -2.25. The summed E-state index contributed by atoms with van der Waals surface area (Å²) < 4.78 is 38.0. The number of alkyl halides is 3. The van der Waals surface area contributed by atoms with Crippen molar-refractivity contribution in [1.82, 2.24) is 9.88 Å². The number of likely N-dealkylation sites (tertiary alicyclic amines) is 1. The third-order valence-corrected chi connectivity index (χ3v) is 4.10. The minimum Gasteiger partial charge on any atom is -0.481 e. The lowest BCUT2D eigenvalue weighted by atomic mass is 9.86. The standard InChI is InChI=1S/C15H19F3N2O2/c1-9(2)11-7-20(8-12(11)14(21)22)6-10-4-3-5-13(19-10)15(16,17)18/h3-5,9,11-12H,6-8H2,1-2H3,(H,21,22)/t11-,12+/m0/s1. The topological polar surface area (TPSA) is 53.4 Å². The van der Waals surface area contributed by atoms with Gasteiger partial charge in [0.1, 0.15) is 5.69 Å². The molecule has 2 heterocycles. The van der Waals surface area contributed by atoms with E-state index >= 15 is 0 Å². The van der Waals surface area contributed by atoms with Crippen LogP contribution in [-0.4, -0.2) is 34.0 Å². The van der Waals surface area contributed by atoms with Gasteiger partial charge in [-0.2, -0.15) is 13.2 Å². The number of aromatic nitrogens is 1. The van der Waals surface area contributed by atoms with Crippen molar-refractivity contribution < 1.29 is 23.1 Å². The molecule has 1 aliphatic rings. The molecular formula is C15H19F3N2O2. The van der Waals surface area contributed by atoms with E-state index in [1.165, 1.54) is 12.1 Å². The number of carboxylic acids is 1. The number of carboxylic acid groups (broad SMARTS) is 1. The van der Waals surface area contributed by atoms with Gasteiger partial charge in [-0.15, -0.1) is 0 Å². The van der Waals surface area contributed by atoms with Gasteiger partial charge in [0.25, 0.3) is 0 Å². The highest BCUT2D eigenvalue weighted by atomic mass is 19.4. The molecule has 0 aromatic carbocycles. The van der Waals surface area contributed by atoms with E-state index in [0.717, 1.165) is 6.07 Å². The van der Waals surface area contributed by atoms with Crippen molar-refractivity contribution in [1.29, 1.82) is 0 Å². The Morgan fingerprint density at radius 1 is 1.41 bits per heavy atom. The highest BCUT2D eigenvalue weighted by Gasteiger charge is 2.39. The Bertz CT molecular complexity index is 546. The van der Waals surface area contributed by atoms with E-state index in [0.29, 0.717) is 18.8 Å². The quantitative estimate of drug-likeness (QED) is 0.928. The van der Waals surface area contributed by atoms with Crippen molar-refractivity contribution in [3.05, 3.63) is 29.6 Å². The van der Waals surface area contributed by atoms with Crippen molar-refractivity contribution in [2.24, 2.45) is 17.8 Å². The molecule has 1 aromatic heterocycles. The molecule has 0 unspecified atom stereocenters. The molecule has 0 bridgehead atoms. The molecule has 2 rings (SSSR count). The molecule has 0 radical (unpaired) electrons. The third kappa shape index (κ3) is 3.76. The minimum absolute atomic E-state index is 0.00305. The van der Waals surface area contributed by atoms with Gasteiger partial charge in [0.05, 0.1) is 11.6 Å². The van der Waals surface area contributed by atoms with Gasteiger partial charge >= 0.3 is 12.1 Å². The highest BCUT2D eigenvalue weighted by Crippen LogP contribution is 2.31. The monoisotopic (exact) mass is 316 g/mol. The molecule has 1 aromatic rings. The van der Waals surface area contributed by atoms with Crippen molar-refractivity contribution in [2.75, 3.05) is 13.1 Å². The van der Waals surface area contributed by atoms with Crippen LogP contribution in [0.2, 0.25) is 0 Å². The Labute approximate surface area is 127 Å². The number of pyridine rings is 1. The van der Waals surface area contributed by atoms with Gasteiger partial charge in [-0.05, 0) is 24.0 Å². The molecule has 122 valence electrons. The van der Waals surface area contributed by atoms with Crippen LogP contribution in [0.4, 0.5) is 13.2 Å². The van der Waals surface area contributed by atoms with Gasteiger partial charge in [0.15, 0.2) is 0 Å². The smallest absolute Gasteiger partial charge is 0.433 e. The predicted molar refractivity (Wildman–Crippen MR) is 74.0 cm³/mol. The van der Waals surface area contributed by atoms with E-state index in [2.05, 4.69) is 4.98 Å². The van der Waals surface area contributed by atoms with Crippen LogP contribution in [0.5, 0.6) is 0 Å². The summed E-state index contributed by atoms with van der Waals surface area (Å²) >= 11 is 0. The first-order valence-electron chi connectivity index (χ1n) is 7.16. The highest BCUT2D eigenvalue weighted by molar-refractivity contribution is 5.71. The Kier molecular flexibility index (Phi) is 4.75. The molecule has 22 heavy (non-hydrogen) atoms. The maximum absolute atomic E-state index is 12.7. The van der Waals surface area contributed by atoms with Crippen LogP contribution in [0, 0.1) is 17.8 Å². The van der Waals surface area contributed by atoms with Gasteiger partial charge in [-0.1, -0.05) is 19.9 Å². The molecular weight excluding hydrogens is 297 g/mol. The number of carbonyl (C=O) groups is 1. The Morgan fingerprint density at radius 3 is 2.59 bits per heavy atom. The van der Waals surface area contributed by atoms with Gasteiger partial charge in [-0.25, -0.2) is 4.98 Å². The van der Waals surface area contributed by atoms with Crippen molar-refractivity contribution in [2.45, 2.75) is 26.6 Å². The van der Waals surface area contributed by atoms with E-state index < -0.39 is 23.8 Å². The van der Waals surface area contributed by atoms with Gasteiger partial charge in [-0.3, -0.25) is 9.69 Å². The van der Waals surface area contributed by atoms with E-state index in [1.807, 2.05) is 18.7 Å². The first-order chi connectivity index (χ1) is 10.2. The van der Waals surface area contributed by atoms with Crippen LogP contribution in [0.1, 0.15) is 25.2 Å². The molecule has 0 spiro atoms. The maximum Gasteiger partial charge on any atom is 0.433 e. The van der Waals surface area contributed by atoms with Crippen LogP contribution in [0.3, 0.4) is 0 Å². The predicted octanol–water partition coefficient (Wildman–Crippen LogP) is 2.89. The summed E-state index contributed by atoms with van der Waals surface area (Å²) in [5, 5.41) is 9.28. The summed E-state index contributed by atoms with van der Waals surface area (Å²) in [5.41, 5.74) is -0.609. The molecule has 0 aliphatic carbocycles. The van der Waals surface area contributed by atoms with Crippen LogP contribution >= 0.6 is 0 Å². The molecule has 2 atom stereocenters. The van der Waals surface area contributed by atoms with E-state index in [9.17, 15) is 23.1 Å². The molecule has 4 nitrogen and oxygen atoms in total. The molecule has 0 saturated carbocycles. The Hall–Kier alpha value is -1.63. The number of nitrogens with zero attached hydrogens (tertiary/aromatic N) is 2. The fraction of sp³-hybridized carbons (Fsp3) is 0.600. The summed E-state index contributed by atoms with van der Waals surface area (Å²) in [6, 6.07) is 3.80. The zero-order valence-electron chi connectivity index (χ0n) is 12.5. The van der Waals surface area contributed by atoms with Gasteiger partial charge < -0.3 is 5.11 Å². The van der Waals surface area contributed by atoms with Gasteiger partial charge in [0, 0.05) is 19.6 Å². The summed E-state index contributed by atoms with van der Waals surface area (Å²) in [5.74, 6) is -1.12. The number of hydrogen-bond donors (Lipinski definition) is 1. The number of halogens is 3. The molecule has 0 amide bonds. The zero-order chi connectivity index (χ0) is 16.5. The maximum atomic E-state index is 12.7. The first kappa shape index (κ1) is 16.7. The van der Waals surface area contributed by atoms with Crippen molar-refractivity contribution in [3.63, 3.8) is 0 Å². The Balaban J connectivity index is 2.10. The fourth-order valence-corrected chi connectivity index (χ4v) is 2.93. The molecule has 7 heteroatoms. The van der Waals surface area contributed by atoms with Crippen LogP contribution in [0.15, 0.2) is 18.2 Å². The summed E-state index contributed by atoms with van der Waals surface area (Å²) in [7, 11) is 0. The second kappa shape index (κ2) is 6.24. The lowest BCUT2D eigenvalue weighted by Gasteiger charge is -2.18. The summed E-state index contributed by atoms with van der Waals surface area (Å²) in [4.78, 5) is 16.8. The van der Waals surface area contributed by atoms with Crippen molar-refractivity contribution in [3.8, 4) is 0 Å². The molecule has 1 aliphatic heterocycles. The molecule has 1 fully saturated rings. The number of rotatable bonds is 4. The van der Waals surface area contributed by atoms with Crippen LogP contribution in [0.25, 0.3) is 0 Å². The number of aliphatic carboxylic acids is 1. The van der Waals surface area contributed by atoms with Gasteiger partial charge in [0.2, 0.25) is 0 Å². The normalized spacial score (nSPS) is 23.2. The second-order valence-corrected chi connectivity index (χ2v) is 6.06. The largest absolute Gasteiger partial charge is 0.481 e. The first-order valence-corrected chi connectivity index (χ1v) is 7.16. The van der Waals surface area contributed by atoms with E-state index in [1.54, 1.807) is 0 Å². The van der Waals surface area contributed by atoms with E-state index in [-0.39, 0.29) is 18.4 Å². The fourth-order valence-electron chi connectivity index (χ4n) is 2.93.